The fourth-order valence-electron chi connectivity index (χ4n) is 7.48. The molecule has 1 aromatic rings. The van der Waals surface area contributed by atoms with Gasteiger partial charge in [0.15, 0.2) is 0 Å². The molecule has 33 heavy (non-hydrogen) atoms. The predicted octanol–water partition coefficient (Wildman–Crippen LogP) is 3.68. The van der Waals surface area contributed by atoms with Crippen LogP contribution in [0.15, 0.2) is 47.6 Å². The van der Waals surface area contributed by atoms with Crippen LogP contribution in [0.4, 0.5) is 0 Å². The lowest BCUT2D eigenvalue weighted by Gasteiger charge is -2.34. The monoisotopic (exact) mass is 447 g/mol. The van der Waals surface area contributed by atoms with Crippen LogP contribution in [-0.2, 0) is 20.9 Å². The molecular formula is C27H33N3O3. The molecule has 5 aliphatic rings. The lowest BCUT2D eigenvalue weighted by molar-refractivity contribution is -0.139. The Hall–Kier alpha value is -2.47. The number of benzene rings is 1. The molecule has 2 saturated carbocycles. The van der Waals surface area contributed by atoms with E-state index in [1.165, 1.54) is 6.42 Å². The number of hydrogen-bond donors (Lipinski definition) is 1. The van der Waals surface area contributed by atoms with Gasteiger partial charge < -0.3 is 9.64 Å². The van der Waals surface area contributed by atoms with Gasteiger partial charge in [0.1, 0.15) is 5.60 Å². The molecule has 1 aromatic carbocycles. The first-order valence-electron chi connectivity index (χ1n) is 12.2. The van der Waals surface area contributed by atoms with Gasteiger partial charge in [-0.25, -0.2) is 5.43 Å². The molecule has 4 unspecified atom stereocenters. The Kier molecular flexibility index (Phi) is 4.19. The third-order valence-electron chi connectivity index (χ3n) is 9.91. The van der Waals surface area contributed by atoms with Crippen LogP contribution >= 0.6 is 0 Å². The zero-order chi connectivity index (χ0) is 23.2. The van der Waals surface area contributed by atoms with Gasteiger partial charge in [-0.3, -0.25) is 9.59 Å². The molecule has 3 heterocycles. The molecule has 2 aliphatic carbocycles. The molecule has 4 fully saturated rings. The van der Waals surface area contributed by atoms with Crippen molar-refractivity contribution in [2.24, 2.45) is 33.7 Å². The topological polar surface area (TPSA) is 71.0 Å². The van der Waals surface area contributed by atoms with Crippen molar-refractivity contribution in [2.45, 2.75) is 64.7 Å². The average Bonchev–Trinajstić information content (AvgIpc) is 3.45. The summed E-state index contributed by atoms with van der Waals surface area (Å²) in [7, 11) is 0. The Labute approximate surface area is 195 Å². The van der Waals surface area contributed by atoms with Crippen LogP contribution in [0.2, 0.25) is 0 Å². The van der Waals surface area contributed by atoms with Crippen LogP contribution in [-0.4, -0.2) is 40.2 Å². The van der Waals surface area contributed by atoms with Crippen molar-refractivity contribution < 1.29 is 14.3 Å². The molecular weight excluding hydrogens is 414 g/mol. The second kappa shape index (κ2) is 6.56. The van der Waals surface area contributed by atoms with E-state index < -0.39 is 23.0 Å². The van der Waals surface area contributed by atoms with Gasteiger partial charge in [-0.15, -0.1) is 0 Å². The molecule has 0 aromatic heterocycles. The van der Waals surface area contributed by atoms with E-state index >= 15 is 0 Å². The highest BCUT2D eigenvalue weighted by Gasteiger charge is 2.71. The fraction of sp³-hybridized carbons (Fsp3) is 0.593. The van der Waals surface area contributed by atoms with E-state index in [-0.39, 0.29) is 22.6 Å². The third-order valence-corrected chi connectivity index (χ3v) is 9.91. The Bertz CT molecular complexity index is 1100. The first-order valence-corrected chi connectivity index (χ1v) is 12.2. The molecule has 6 heteroatoms. The minimum Gasteiger partial charge on any atom is -0.357 e. The quantitative estimate of drug-likeness (QED) is 0.565. The molecule has 1 spiro atoms. The van der Waals surface area contributed by atoms with E-state index in [0.717, 1.165) is 24.1 Å². The maximum atomic E-state index is 13.5. The van der Waals surface area contributed by atoms with Gasteiger partial charge in [0, 0.05) is 17.7 Å². The number of hydrogen-bond acceptors (Lipinski definition) is 4. The second-order valence-electron chi connectivity index (χ2n) is 11.7. The summed E-state index contributed by atoms with van der Waals surface area (Å²) < 4.78 is 6.43. The third kappa shape index (κ3) is 2.67. The lowest BCUT2D eigenvalue weighted by atomic mass is 9.70. The number of ether oxygens (including phenoxy) is 1. The van der Waals surface area contributed by atoms with Gasteiger partial charge in [-0.05, 0) is 43.1 Å². The highest BCUT2D eigenvalue weighted by atomic mass is 16.5. The Morgan fingerprint density at radius 1 is 1.18 bits per heavy atom. The maximum Gasteiger partial charge on any atom is 0.247 e. The number of amides is 2. The van der Waals surface area contributed by atoms with Gasteiger partial charge in [-0.1, -0.05) is 63.3 Å². The summed E-state index contributed by atoms with van der Waals surface area (Å²) in [6.45, 7) is 9.86. The summed E-state index contributed by atoms with van der Waals surface area (Å²) >= 11 is 0. The summed E-state index contributed by atoms with van der Waals surface area (Å²) in [5.74, 6) is -0.688. The van der Waals surface area contributed by atoms with Crippen LogP contribution in [0, 0.1) is 28.6 Å². The first kappa shape index (κ1) is 21.1. The van der Waals surface area contributed by atoms with E-state index in [1.54, 1.807) is 0 Å². The Morgan fingerprint density at radius 3 is 2.61 bits per heavy atom. The summed E-state index contributed by atoms with van der Waals surface area (Å²) in [4.78, 5) is 28.9. The van der Waals surface area contributed by atoms with Crippen molar-refractivity contribution in [3.8, 4) is 0 Å². The van der Waals surface area contributed by atoms with Gasteiger partial charge in [0.25, 0.3) is 0 Å². The normalized spacial score (nSPS) is 43.0. The van der Waals surface area contributed by atoms with Crippen molar-refractivity contribution in [1.82, 2.24) is 10.3 Å². The van der Waals surface area contributed by atoms with Crippen LogP contribution in [0.25, 0.3) is 0 Å². The molecule has 6 nitrogen and oxygen atoms in total. The average molecular weight is 448 g/mol. The molecule has 1 N–H and O–H groups in total. The zero-order valence-corrected chi connectivity index (χ0v) is 19.9. The van der Waals surface area contributed by atoms with Gasteiger partial charge >= 0.3 is 0 Å². The number of carbonyl (C=O) groups is 2. The Balaban J connectivity index is 1.24. The molecule has 3 aliphatic heterocycles. The Morgan fingerprint density at radius 2 is 1.94 bits per heavy atom. The zero-order valence-electron chi connectivity index (χ0n) is 19.9. The van der Waals surface area contributed by atoms with Crippen molar-refractivity contribution in [1.29, 1.82) is 0 Å². The maximum absolute atomic E-state index is 13.5. The van der Waals surface area contributed by atoms with Crippen molar-refractivity contribution >= 4 is 17.5 Å². The SMILES string of the molecule is CC12C=CC3(CN(Cc4ccccc4)C(=O)C3C1C(=O)N/N=C1\C[C@H]3CC[C@]1(C)C3(C)C)O2. The molecule has 174 valence electrons. The van der Waals surface area contributed by atoms with E-state index in [4.69, 9.17) is 4.74 Å². The lowest BCUT2D eigenvalue weighted by Crippen LogP contribution is -2.47. The minimum absolute atomic E-state index is 0.00671. The van der Waals surface area contributed by atoms with Gasteiger partial charge in [-0.2, -0.15) is 5.10 Å². The predicted molar refractivity (Wildman–Crippen MR) is 125 cm³/mol. The summed E-state index contributed by atoms with van der Waals surface area (Å²) in [5, 5.41) is 4.67. The van der Waals surface area contributed by atoms with E-state index in [1.807, 2.05) is 54.3 Å². The van der Waals surface area contributed by atoms with Crippen LogP contribution < -0.4 is 5.43 Å². The number of carbonyl (C=O) groups excluding carboxylic acids is 2. The molecule has 2 amide bonds. The standard InChI is InChI=1S/C27H33N3O3/c1-24(2)18-10-11-25(24,3)19(14-18)28-29-22(31)20-21-23(32)30(15-17-8-6-5-7-9-17)16-27(21)13-12-26(20,4)33-27/h5-9,12-13,18,20-21H,10-11,14-16H2,1-4H3,(H,29,31)/b28-19+/t18-,20?,21?,25+,26?,27?/m1/s1. The van der Waals surface area contributed by atoms with E-state index in [0.29, 0.717) is 19.0 Å². The van der Waals surface area contributed by atoms with Gasteiger partial charge in [0.2, 0.25) is 11.8 Å². The van der Waals surface area contributed by atoms with Crippen molar-refractivity contribution in [3.05, 3.63) is 48.0 Å². The molecule has 2 saturated heterocycles. The van der Waals surface area contributed by atoms with Crippen molar-refractivity contribution in [3.63, 3.8) is 0 Å². The van der Waals surface area contributed by atoms with Crippen LogP contribution in [0.1, 0.15) is 52.5 Å². The number of nitrogens with one attached hydrogen (secondary N) is 1. The number of likely N-dealkylation sites (tertiary alicyclic amines) is 1. The summed E-state index contributed by atoms with van der Waals surface area (Å²) in [5.41, 5.74) is 3.78. The van der Waals surface area contributed by atoms with Crippen LogP contribution in [0.5, 0.6) is 0 Å². The number of rotatable bonds is 4. The summed E-state index contributed by atoms with van der Waals surface area (Å²) in [6.07, 6.45) is 7.27. The molecule has 6 atom stereocenters. The smallest absolute Gasteiger partial charge is 0.247 e. The highest BCUT2D eigenvalue weighted by molar-refractivity contribution is 5.97. The molecule has 0 radical (unpaired) electrons. The van der Waals surface area contributed by atoms with E-state index in [2.05, 4.69) is 31.3 Å². The fourth-order valence-corrected chi connectivity index (χ4v) is 7.48. The minimum atomic E-state index is -0.777. The first-order chi connectivity index (χ1) is 15.6. The number of nitrogens with zero attached hydrogens (tertiary/aromatic N) is 2. The molecule has 6 rings (SSSR count). The number of fused-ring (bicyclic) bond motifs is 3. The molecule has 4 bridgehead atoms. The van der Waals surface area contributed by atoms with Crippen LogP contribution in [0.3, 0.4) is 0 Å². The van der Waals surface area contributed by atoms with Gasteiger partial charge in [0.05, 0.1) is 24.0 Å². The van der Waals surface area contributed by atoms with E-state index in [9.17, 15) is 9.59 Å². The largest absolute Gasteiger partial charge is 0.357 e. The van der Waals surface area contributed by atoms with Crippen molar-refractivity contribution in [2.75, 3.05) is 6.54 Å². The second-order valence-corrected chi connectivity index (χ2v) is 11.7. The number of hydrazone groups is 1. The summed E-state index contributed by atoms with van der Waals surface area (Å²) in [6, 6.07) is 9.96. The highest BCUT2D eigenvalue weighted by Crippen LogP contribution is 2.64.